The van der Waals surface area contributed by atoms with Gasteiger partial charge in [-0.1, -0.05) is 12.1 Å². The maximum Gasteiger partial charge on any atom is 0.416 e. The average Bonchev–Trinajstić information content (AvgIpc) is 2.19. The minimum absolute atomic E-state index is 0.119. The predicted molar refractivity (Wildman–Crippen MR) is 55.1 cm³/mol. The SMILES string of the molecule is Cc1c(CC(Cl)C#N)cccc1C(F)(F)F. The second-order valence-corrected chi connectivity index (χ2v) is 3.92. The highest BCUT2D eigenvalue weighted by atomic mass is 35.5. The number of alkyl halides is 4. The molecule has 1 unspecified atom stereocenters. The van der Waals surface area contributed by atoms with E-state index in [-0.39, 0.29) is 12.0 Å². The van der Waals surface area contributed by atoms with E-state index in [0.717, 1.165) is 6.07 Å². The number of hydrogen-bond donors (Lipinski definition) is 0. The smallest absolute Gasteiger partial charge is 0.197 e. The fraction of sp³-hybridized carbons (Fsp3) is 0.364. The van der Waals surface area contributed by atoms with Gasteiger partial charge in [-0.15, -0.1) is 11.6 Å². The maximum absolute atomic E-state index is 12.6. The Hall–Kier alpha value is -1.21. The van der Waals surface area contributed by atoms with Gasteiger partial charge in [-0.3, -0.25) is 0 Å². The normalized spacial score (nSPS) is 13.2. The van der Waals surface area contributed by atoms with Crippen LogP contribution in [-0.2, 0) is 12.6 Å². The van der Waals surface area contributed by atoms with Crippen molar-refractivity contribution in [2.24, 2.45) is 0 Å². The van der Waals surface area contributed by atoms with E-state index >= 15 is 0 Å². The monoisotopic (exact) mass is 247 g/mol. The molecule has 0 aliphatic carbocycles. The van der Waals surface area contributed by atoms with Crippen LogP contribution in [0.15, 0.2) is 18.2 Å². The third-order valence-corrected chi connectivity index (χ3v) is 2.54. The summed E-state index contributed by atoms with van der Waals surface area (Å²) in [6.07, 6.45) is -4.25. The van der Waals surface area contributed by atoms with Crippen molar-refractivity contribution in [1.29, 1.82) is 5.26 Å². The van der Waals surface area contributed by atoms with Crippen LogP contribution in [0.3, 0.4) is 0 Å². The third kappa shape index (κ3) is 2.89. The van der Waals surface area contributed by atoms with Gasteiger partial charge in [-0.25, -0.2) is 0 Å². The lowest BCUT2D eigenvalue weighted by Gasteiger charge is -2.13. The van der Waals surface area contributed by atoms with E-state index in [2.05, 4.69) is 0 Å². The van der Waals surface area contributed by atoms with E-state index < -0.39 is 17.1 Å². The molecule has 1 rings (SSSR count). The maximum atomic E-state index is 12.6. The number of hydrogen-bond acceptors (Lipinski definition) is 1. The van der Waals surface area contributed by atoms with Crippen molar-refractivity contribution in [2.75, 3.05) is 0 Å². The molecule has 1 atom stereocenters. The summed E-state index contributed by atoms with van der Waals surface area (Å²) in [7, 11) is 0. The number of nitrogens with zero attached hydrogens (tertiary/aromatic N) is 1. The van der Waals surface area contributed by atoms with E-state index in [1.165, 1.54) is 13.0 Å². The van der Waals surface area contributed by atoms with Crippen LogP contribution < -0.4 is 0 Å². The zero-order valence-corrected chi connectivity index (χ0v) is 9.23. The topological polar surface area (TPSA) is 23.8 Å². The molecule has 0 aliphatic rings. The van der Waals surface area contributed by atoms with Gasteiger partial charge < -0.3 is 0 Å². The molecule has 0 N–H and O–H groups in total. The second-order valence-electron chi connectivity index (χ2n) is 3.39. The van der Waals surface area contributed by atoms with Crippen LogP contribution in [-0.4, -0.2) is 5.38 Å². The Bertz CT molecular complexity index is 420. The second kappa shape index (κ2) is 4.75. The Kier molecular flexibility index (Phi) is 3.82. The van der Waals surface area contributed by atoms with E-state index in [1.54, 1.807) is 12.1 Å². The van der Waals surface area contributed by atoms with Crippen molar-refractivity contribution in [1.82, 2.24) is 0 Å². The molecule has 0 radical (unpaired) electrons. The molecular formula is C11H9ClF3N. The molecule has 0 saturated carbocycles. The van der Waals surface area contributed by atoms with Gasteiger partial charge in [0.25, 0.3) is 0 Å². The minimum Gasteiger partial charge on any atom is -0.197 e. The Morgan fingerprint density at radius 3 is 2.56 bits per heavy atom. The molecule has 1 aromatic carbocycles. The molecule has 0 aliphatic heterocycles. The van der Waals surface area contributed by atoms with Gasteiger partial charge in [0.2, 0.25) is 0 Å². The Morgan fingerprint density at radius 2 is 2.06 bits per heavy atom. The van der Waals surface area contributed by atoms with Gasteiger partial charge in [-0.2, -0.15) is 18.4 Å². The first-order valence-corrected chi connectivity index (χ1v) is 4.99. The zero-order valence-electron chi connectivity index (χ0n) is 8.48. The fourth-order valence-corrected chi connectivity index (χ4v) is 1.62. The first kappa shape index (κ1) is 12.9. The van der Waals surface area contributed by atoms with Gasteiger partial charge in [0, 0.05) is 6.42 Å². The summed E-state index contributed by atoms with van der Waals surface area (Å²) in [5.41, 5.74) is -0.0842. The number of rotatable bonds is 2. The summed E-state index contributed by atoms with van der Waals surface area (Å²) < 4.78 is 37.7. The van der Waals surface area contributed by atoms with Crippen molar-refractivity contribution in [2.45, 2.75) is 24.9 Å². The van der Waals surface area contributed by atoms with Crippen LogP contribution in [0.1, 0.15) is 16.7 Å². The van der Waals surface area contributed by atoms with Crippen LogP contribution in [0.4, 0.5) is 13.2 Å². The van der Waals surface area contributed by atoms with Crippen LogP contribution in [0, 0.1) is 18.3 Å². The van der Waals surface area contributed by atoms with Gasteiger partial charge in [0.15, 0.2) is 0 Å². The highest BCUT2D eigenvalue weighted by Gasteiger charge is 2.32. The lowest BCUT2D eigenvalue weighted by atomic mass is 9.99. The fourth-order valence-electron chi connectivity index (χ4n) is 1.45. The molecule has 0 bridgehead atoms. The molecular weight excluding hydrogens is 239 g/mol. The molecule has 1 nitrogen and oxygen atoms in total. The van der Waals surface area contributed by atoms with Gasteiger partial charge in [0.1, 0.15) is 5.38 Å². The number of halogens is 4. The van der Waals surface area contributed by atoms with Crippen LogP contribution in [0.25, 0.3) is 0 Å². The summed E-state index contributed by atoms with van der Waals surface area (Å²) in [4.78, 5) is 0. The quantitative estimate of drug-likeness (QED) is 0.731. The number of nitriles is 1. The molecule has 0 heterocycles. The summed E-state index contributed by atoms with van der Waals surface area (Å²) in [6, 6.07) is 5.68. The van der Waals surface area contributed by atoms with Crippen molar-refractivity contribution in [3.8, 4) is 6.07 Å². The molecule has 0 amide bonds. The third-order valence-electron chi connectivity index (χ3n) is 2.29. The first-order valence-electron chi connectivity index (χ1n) is 4.55. The molecule has 0 aromatic heterocycles. The largest absolute Gasteiger partial charge is 0.416 e. The predicted octanol–water partition coefficient (Wildman–Crippen LogP) is 3.69. The lowest BCUT2D eigenvalue weighted by Crippen LogP contribution is -2.10. The van der Waals surface area contributed by atoms with Crippen LogP contribution in [0.2, 0.25) is 0 Å². The standard InChI is InChI=1S/C11H9ClF3N/c1-7-8(5-9(12)6-16)3-2-4-10(7)11(13,14)15/h2-4,9H,5H2,1H3. The average molecular weight is 248 g/mol. The summed E-state index contributed by atoms with van der Waals surface area (Å²) in [5, 5.41) is 7.71. The highest BCUT2D eigenvalue weighted by molar-refractivity contribution is 6.22. The van der Waals surface area contributed by atoms with E-state index in [9.17, 15) is 13.2 Å². The van der Waals surface area contributed by atoms with Gasteiger partial charge in [0.05, 0.1) is 11.6 Å². The zero-order chi connectivity index (χ0) is 12.3. The summed E-state index contributed by atoms with van der Waals surface area (Å²) in [6.45, 7) is 1.39. The van der Waals surface area contributed by atoms with Crippen molar-refractivity contribution < 1.29 is 13.2 Å². The van der Waals surface area contributed by atoms with E-state index in [0.29, 0.717) is 5.56 Å². The molecule has 5 heteroatoms. The number of benzene rings is 1. The molecule has 0 spiro atoms. The highest BCUT2D eigenvalue weighted by Crippen LogP contribution is 2.33. The van der Waals surface area contributed by atoms with Gasteiger partial charge >= 0.3 is 6.18 Å². The summed E-state index contributed by atoms with van der Waals surface area (Å²) >= 11 is 5.60. The minimum atomic E-state index is -4.37. The molecule has 86 valence electrons. The Balaban J connectivity index is 3.11. The molecule has 0 fully saturated rings. The van der Waals surface area contributed by atoms with Crippen LogP contribution in [0.5, 0.6) is 0 Å². The Labute approximate surface area is 96.4 Å². The first-order chi connectivity index (χ1) is 7.36. The molecule has 0 saturated heterocycles. The lowest BCUT2D eigenvalue weighted by molar-refractivity contribution is -0.138. The summed E-state index contributed by atoms with van der Waals surface area (Å²) in [5.74, 6) is 0. The molecule has 1 aromatic rings. The van der Waals surface area contributed by atoms with Crippen molar-refractivity contribution in [3.05, 3.63) is 34.9 Å². The van der Waals surface area contributed by atoms with Crippen molar-refractivity contribution in [3.63, 3.8) is 0 Å². The van der Waals surface area contributed by atoms with Crippen molar-refractivity contribution >= 4 is 11.6 Å². The Morgan fingerprint density at radius 1 is 1.44 bits per heavy atom. The van der Waals surface area contributed by atoms with Crippen LogP contribution >= 0.6 is 11.6 Å². The van der Waals surface area contributed by atoms with E-state index in [1.807, 2.05) is 0 Å². The molecule has 16 heavy (non-hydrogen) atoms. The van der Waals surface area contributed by atoms with E-state index in [4.69, 9.17) is 16.9 Å². The van der Waals surface area contributed by atoms with Gasteiger partial charge in [-0.05, 0) is 24.1 Å².